The van der Waals surface area contributed by atoms with Gasteiger partial charge in [-0.25, -0.2) is 17.9 Å². The van der Waals surface area contributed by atoms with Crippen molar-refractivity contribution >= 4 is 16.0 Å². The van der Waals surface area contributed by atoms with Gasteiger partial charge in [0.05, 0.1) is 19.9 Å². The van der Waals surface area contributed by atoms with Gasteiger partial charge in [0.15, 0.2) is 0 Å². The number of methoxy groups -OCH3 is 1. The summed E-state index contributed by atoms with van der Waals surface area (Å²) < 4.78 is 35.5. The molecule has 0 radical (unpaired) electrons. The zero-order valence-electron chi connectivity index (χ0n) is 13.1. The molecule has 1 atom stereocenters. The molecule has 0 bridgehead atoms. The van der Waals surface area contributed by atoms with Crippen LogP contribution in [0.25, 0.3) is 0 Å². The number of rotatable bonds is 5. The van der Waals surface area contributed by atoms with Crippen molar-refractivity contribution in [2.45, 2.75) is 32.4 Å². The fourth-order valence-corrected chi connectivity index (χ4v) is 3.54. The Kier molecular flexibility index (Phi) is 5.25. The molecule has 2 heterocycles. The van der Waals surface area contributed by atoms with Gasteiger partial charge in [-0.1, -0.05) is 0 Å². The molecule has 22 heavy (non-hydrogen) atoms. The van der Waals surface area contributed by atoms with Crippen LogP contribution in [0.1, 0.15) is 34.7 Å². The van der Waals surface area contributed by atoms with Crippen LogP contribution in [0.15, 0.2) is 10.5 Å². The van der Waals surface area contributed by atoms with E-state index in [0.29, 0.717) is 18.8 Å². The number of ether oxygens (including phenoxy) is 1. The van der Waals surface area contributed by atoms with Gasteiger partial charge in [-0.15, -0.1) is 0 Å². The quantitative estimate of drug-likeness (QED) is 0.807. The summed E-state index contributed by atoms with van der Waals surface area (Å²) >= 11 is 0. The second kappa shape index (κ2) is 6.80. The molecule has 0 aliphatic carbocycles. The number of hydrogen-bond donors (Lipinski definition) is 1. The minimum atomic E-state index is -3.20. The summed E-state index contributed by atoms with van der Waals surface area (Å²) in [6, 6.07) is 1.74. The molecule has 0 amide bonds. The fraction of sp³-hybridized carbons (Fsp3) is 0.643. The minimum Gasteiger partial charge on any atom is -0.463 e. The first kappa shape index (κ1) is 17.0. The lowest BCUT2D eigenvalue weighted by molar-refractivity contribution is 0.0559. The standard InChI is InChI=1S/C14H22N2O5S/c1-10-7-12(21-13(10)14(17)20-2)9-16-6-4-5-11(8-16)15-22(3,18)19/h7,11,15H,4-6,8-9H2,1-3H3/t11-/m1/s1. The lowest BCUT2D eigenvalue weighted by Crippen LogP contribution is -2.46. The Morgan fingerprint density at radius 3 is 2.91 bits per heavy atom. The van der Waals surface area contributed by atoms with Crippen LogP contribution < -0.4 is 4.72 Å². The predicted molar refractivity (Wildman–Crippen MR) is 81.1 cm³/mol. The maximum atomic E-state index is 11.5. The van der Waals surface area contributed by atoms with Crippen LogP contribution in [0, 0.1) is 6.92 Å². The highest BCUT2D eigenvalue weighted by Gasteiger charge is 2.24. The summed E-state index contributed by atoms with van der Waals surface area (Å²) in [6.45, 7) is 3.83. The Morgan fingerprint density at radius 2 is 2.27 bits per heavy atom. The van der Waals surface area contributed by atoms with Gasteiger partial charge in [-0.3, -0.25) is 4.90 Å². The molecule has 1 fully saturated rings. The molecule has 1 saturated heterocycles. The van der Waals surface area contributed by atoms with E-state index in [1.165, 1.54) is 13.4 Å². The molecular formula is C14H22N2O5S. The van der Waals surface area contributed by atoms with Crippen molar-refractivity contribution in [2.75, 3.05) is 26.5 Å². The Hall–Kier alpha value is -1.38. The Bertz CT molecular complexity index is 638. The highest BCUT2D eigenvalue weighted by atomic mass is 32.2. The fourth-order valence-electron chi connectivity index (χ4n) is 2.74. The van der Waals surface area contributed by atoms with Crippen molar-refractivity contribution in [2.24, 2.45) is 0 Å². The van der Waals surface area contributed by atoms with E-state index in [2.05, 4.69) is 14.4 Å². The summed E-state index contributed by atoms with van der Waals surface area (Å²) in [7, 11) is -1.88. The highest BCUT2D eigenvalue weighted by Crippen LogP contribution is 2.19. The number of piperidine rings is 1. The molecule has 0 unspecified atom stereocenters. The molecule has 1 aliphatic rings. The second-order valence-corrected chi connectivity index (χ2v) is 7.46. The van der Waals surface area contributed by atoms with E-state index in [9.17, 15) is 13.2 Å². The number of nitrogens with one attached hydrogen (secondary N) is 1. The third-order valence-electron chi connectivity index (χ3n) is 3.61. The maximum absolute atomic E-state index is 11.5. The Labute approximate surface area is 130 Å². The first-order chi connectivity index (χ1) is 10.3. The van der Waals surface area contributed by atoms with Gasteiger partial charge in [0.2, 0.25) is 15.8 Å². The minimum absolute atomic E-state index is 0.0834. The van der Waals surface area contributed by atoms with E-state index in [1.807, 2.05) is 6.07 Å². The van der Waals surface area contributed by atoms with Crippen LogP contribution in [0.2, 0.25) is 0 Å². The molecule has 1 aromatic rings. The van der Waals surface area contributed by atoms with Crippen molar-refractivity contribution < 1.29 is 22.4 Å². The molecule has 0 saturated carbocycles. The van der Waals surface area contributed by atoms with Gasteiger partial charge in [-0.05, 0) is 32.4 Å². The lowest BCUT2D eigenvalue weighted by atomic mass is 10.1. The molecule has 0 aromatic carbocycles. The average Bonchev–Trinajstić information content (AvgIpc) is 2.77. The monoisotopic (exact) mass is 330 g/mol. The Balaban J connectivity index is 2.00. The molecule has 8 heteroatoms. The molecular weight excluding hydrogens is 308 g/mol. The van der Waals surface area contributed by atoms with Crippen molar-refractivity contribution in [3.05, 3.63) is 23.2 Å². The lowest BCUT2D eigenvalue weighted by Gasteiger charge is -2.32. The van der Waals surface area contributed by atoms with E-state index in [0.717, 1.165) is 24.9 Å². The maximum Gasteiger partial charge on any atom is 0.374 e. The predicted octanol–water partition coefficient (Wildman–Crippen LogP) is 0.888. The van der Waals surface area contributed by atoms with Crippen LogP contribution in [0.4, 0.5) is 0 Å². The largest absolute Gasteiger partial charge is 0.463 e. The number of esters is 1. The number of hydrogen-bond acceptors (Lipinski definition) is 6. The molecule has 0 spiro atoms. The zero-order valence-corrected chi connectivity index (χ0v) is 13.9. The van der Waals surface area contributed by atoms with Crippen molar-refractivity contribution in [1.29, 1.82) is 0 Å². The zero-order chi connectivity index (χ0) is 16.3. The summed E-state index contributed by atoms with van der Waals surface area (Å²) in [4.78, 5) is 13.7. The number of furan rings is 1. The molecule has 7 nitrogen and oxygen atoms in total. The van der Waals surface area contributed by atoms with Crippen LogP contribution >= 0.6 is 0 Å². The number of carbonyl (C=O) groups is 1. The van der Waals surface area contributed by atoms with Crippen LogP contribution in [-0.2, 0) is 21.3 Å². The van der Waals surface area contributed by atoms with Crippen LogP contribution in [0.5, 0.6) is 0 Å². The second-order valence-electron chi connectivity index (χ2n) is 5.68. The third-order valence-corrected chi connectivity index (χ3v) is 4.37. The van der Waals surface area contributed by atoms with Gasteiger partial charge in [0, 0.05) is 18.2 Å². The number of carbonyl (C=O) groups excluding carboxylic acids is 1. The summed E-state index contributed by atoms with van der Waals surface area (Å²) in [5.41, 5.74) is 0.740. The van der Waals surface area contributed by atoms with Gasteiger partial charge >= 0.3 is 5.97 Å². The molecule has 1 aromatic heterocycles. The number of sulfonamides is 1. The van der Waals surface area contributed by atoms with Crippen LogP contribution in [0.3, 0.4) is 0 Å². The van der Waals surface area contributed by atoms with Gasteiger partial charge in [0.25, 0.3) is 0 Å². The average molecular weight is 330 g/mol. The van der Waals surface area contributed by atoms with Crippen molar-refractivity contribution in [3.63, 3.8) is 0 Å². The van der Waals surface area contributed by atoms with E-state index < -0.39 is 16.0 Å². The smallest absolute Gasteiger partial charge is 0.374 e. The first-order valence-electron chi connectivity index (χ1n) is 7.16. The number of likely N-dealkylation sites (tertiary alicyclic amines) is 1. The molecule has 124 valence electrons. The first-order valence-corrected chi connectivity index (χ1v) is 9.05. The summed E-state index contributed by atoms with van der Waals surface area (Å²) in [5.74, 6) is 0.414. The Morgan fingerprint density at radius 1 is 1.55 bits per heavy atom. The summed E-state index contributed by atoms with van der Waals surface area (Å²) in [5, 5.41) is 0. The van der Waals surface area contributed by atoms with Gasteiger partial charge in [-0.2, -0.15) is 0 Å². The number of aryl methyl sites for hydroxylation is 1. The number of nitrogens with zero attached hydrogens (tertiary/aromatic N) is 1. The van der Waals surface area contributed by atoms with E-state index in [4.69, 9.17) is 4.42 Å². The summed E-state index contributed by atoms with van der Waals surface area (Å²) in [6.07, 6.45) is 2.91. The normalized spacial score (nSPS) is 20.0. The van der Waals surface area contributed by atoms with E-state index in [1.54, 1.807) is 6.92 Å². The van der Waals surface area contributed by atoms with Gasteiger partial charge in [0.1, 0.15) is 5.76 Å². The topological polar surface area (TPSA) is 88.8 Å². The van der Waals surface area contributed by atoms with Gasteiger partial charge < -0.3 is 9.15 Å². The highest BCUT2D eigenvalue weighted by molar-refractivity contribution is 7.88. The van der Waals surface area contributed by atoms with E-state index >= 15 is 0 Å². The molecule has 1 aliphatic heterocycles. The van der Waals surface area contributed by atoms with Crippen molar-refractivity contribution in [3.8, 4) is 0 Å². The van der Waals surface area contributed by atoms with Crippen LogP contribution in [-0.4, -0.2) is 51.8 Å². The van der Waals surface area contributed by atoms with E-state index in [-0.39, 0.29) is 11.8 Å². The third kappa shape index (κ3) is 4.56. The van der Waals surface area contributed by atoms with Crippen molar-refractivity contribution in [1.82, 2.24) is 9.62 Å². The molecule has 1 N–H and O–H groups in total. The molecule has 2 rings (SSSR count). The SMILES string of the molecule is COC(=O)c1oc(CN2CCC[C@@H](NS(C)(=O)=O)C2)cc1C.